The lowest BCUT2D eigenvalue weighted by Crippen LogP contribution is -2.07. The third-order valence-electron chi connectivity index (χ3n) is 1.68. The van der Waals surface area contributed by atoms with Crippen LogP contribution in [-0.4, -0.2) is 17.7 Å². The summed E-state index contributed by atoms with van der Waals surface area (Å²) in [6.45, 7) is 1.85. The predicted octanol–water partition coefficient (Wildman–Crippen LogP) is 2.20. The molecule has 1 rings (SSSR count). The Labute approximate surface area is 95.2 Å². The third-order valence-corrected chi connectivity index (χ3v) is 2.14. The maximum atomic E-state index is 11.4. The normalized spacial score (nSPS) is 9.40. The zero-order chi connectivity index (χ0) is 11.4. The lowest BCUT2D eigenvalue weighted by Gasteiger charge is -2.06. The molecule has 0 saturated carbocycles. The summed E-state index contributed by atoms with van der Waals surface area (Å²) in [7, 11) is 0. The molecular formula is C10H8BrNO3. The van der Waals surface area contributed by atoms with Gasteiger partial charge in [0, 0.05) is 4.47 Å². The van der Waals surface area contributed by atoms with Gasteiger partial charge in [-0.2, -0.15) is 5.26 Å². The Balaban J connectivity index is 3.28. The standard InChI is InChI=1S/C10H8BrNO3/c1-2-15-10(14)9-6(5-12)3-7(11)4-8(9)13/h3-4,13H,2H2,1H3. The van der Waals surface area contributed by atoms with Crippen LogP contribution in [0.1, 0.15) is 22.8 Å². The quantitative estimate of drug-likeness (QED) is 0.836. The van der Waals surface area contributed by atoms with Crippen LogP contribution in [0.5, 0.6) is 5.75 Å². The molecule has 0 aromatic heterocycles. The number of aromatic hydroxyl groups is 1. The molecule has 78 valence electrons. The number of halogens is 1. The van der Waals surface area contributed by atoms with Crippen molar-refractivity contribution in [3.8, 4) is 11.8 Å². The summed E-state index contributed by atoms with van der Waals surface area (Å²) in [4.78, 5) is 11.4. The van der Waals surface area contributed by atoms with Gasteiger partial charge in [0.1, 0.15) is 17.4 Å². The van der Waals surface area contributed by atoms with Crippen LogP contribution < -0.4 is 0 Å². The second kappa shape index (κ2) is 4.80. The molecule has 0 bridgehead atoms. The number of carbonyl (C=O) groups is 1. The van der Waals surface area contributed by atoms with Crippen LogP contribution in [-0.2, 0) is 4.74 Å². The monoisotopic (exact) mass is 269 g/mol. The SMILES string of the molecule is CCOC(=O)c1c(O)cc(Br)cc1C#N. The summed E-state index contributed by atoms with van der Waals surface area (Å²) >= 11 is 3.11. The first-order valence-electron chi connectivity index (χ1n) is 4.19. The highest BCUT2D eigenvalue weighted by Crippen LogP contribution is 2.26. The van der Waals surface area contributed by atoms with Crippen molar-refractivity contribution >= 4 is 21.9 Å². The van der Waals surface area contributed by atoms with Crippen LogP contribution in [0.25, 0.3) is 0 Å². The average Bonchev–Trinajstić information content (AvgIpc) is 2.16. The number of ether oxygens (including phenoxy) is 1. The molecule has 4 nitrogen and oxygen atoms in total. The van der Waals surface area contributed by atoms with E-state index in [1.54, 1.807) is 6.92 Å². The Morgan fingerprint density at radius 2 is 2.33 bits per heavy atom. The van der Waals surface area contributed by atoms with E-state index >= 15 is 0 Å². The van der Waals surface area contributed by atoms with Crippen LogP contribution in [0.3, 0.4) is 0 Å². The maximum absolute atomic E-state index is 11.4. The first kappa shape index (κ1) is 11.5. The molecule has 15 heavy (non-hydrogen) atoms. The van der Waals surface area contributed by atoms with Crippen LogP contribution in [0.4, 0.5) is 0 Å². The van der Waals surface area contributed by atoms with Crippen molar-refractivity contribution in [3.63, 3.8) is 0 Å². The van der Waals surface area contributed by atoms with Crippen molar-refractivity contribution in [3.05, 3.63) is 27.7 Å². The number of phenolic OH excluding ortho intramolecular Hbond substituents is 1. The molecule has 0 fully saturated rings. The molecule has 0 atom stereocenters. The zero-order valence-electron chi connectivity index (χ0n) is 7.95. The second-order valence-corrected chi connectivity index (χ2v) is 3.60. The second-order valence-electron chi connectivity index (χ2n) is 2.68. The van der Waals surface area contributed by atoms with Gasteiger partial charge in [-0.3, -0.25) is 0 Å². The van der Waals surface area contributed by atoms with Crippen molar-refractivity contribution in [1.29, 1.82) is 5.26 Å². The van der Waals surface area contributed by atoms with E-state index in [2.05, 4.69) is 15.9 Å². The van der Waals surface area contributed by atoms with Gasteiger partial charge >= 0.3 is 5.97 Å². The highest BCUT2D eigenvalue weighted by atomic mass is 79.9. The first-order chi connectivity index (χ1) is 7.10. The molecule has 5 heteroatoms. The Kier molecular flexibility index (Phi) is 3.69. The maximum Gasteiger partial charge on any atom is 0.343 e. The number of phenols is 1. The van der Waals surface area contributed by atoms with Gasteiger partial charge < -0.3 is 9.84 Å². The minimum absolute atomic E-state index is 0.0836. The minimum atomic E-state index is -0.695. The van der Waals surface area contributed by atoms with Gasteiger partial charge in [0.25, 0.3) is 0 Å². The Bertz CT molecular complexity index is 437. The van der Waals surface area contributed by atoms with Gasteiger partial charge in [-0.1, -0.05) is 15.9 Å². The van der Waals surface area contributed by atoms with Crippen molar-refractivity contribution < 1.29 is 14.6 Å². The number of benzene rings is 1. The summed E-state index contributed by atoms with van der Waals surface area (Å²) in [5.74, 6) is -0.960. The summed E-state index contributed by atoms with van der Waals surface area (Å²) in [6.07, 6.45) is 0. The fourth-order valence-electron chi connectivity index (χ4n) is 1.10. The third kappa shape index (κ3) is 2.48. The molecular weight excluding hydrogens is 262 g/mol. The van der Waals surface area contributed by atoms with Crippen LogP contribution in [0.2, 0.25) is 0 Å². The van der Waals surface area contributed by atoms with Crippen molar-refractivity contribution in [2.75, 3.05) is 6.61 Å². The zero-order valence-corrected chi connectivity index (χ0v) is 9.54. The van der Waals surface area contributed by atoms with E-state index < -0.39 is 5.97 Å². The topological polar surface area (TPSA) is 70.3 Å². The minimum Gasteiger partial charge on any atom is -0.507 e. The predicted molar refractivity (Wildman–Crippen MR) is 56.5 cm³/mol. The highest BCUT2D eigenvalue weighted by molar-refractivity contribution is 9.10. The lowest BCUT2D eigenvalue weighted by molar-refractivity contribution is 0.0522. The molecule has 0 unspecified atom stereocenters. The fraction of sp³-hybridized carbons (Fsp3) is 0.200. The Morgan fingerprint density at radius 1 is 1.67 bits per heavy atom. The molecule has 0 amide bonds. The largest absolute Gasteiger partial charge is 0.507 e. The smallest absolute Gasteiger partial charge is 0.343 e. The average molecular weight is 270 g/mol. The number of nitriles is 1. The van der Waals surface area contributed by atoms with Gasteiger partial charge in [-0.05, 0) is 19.1 Å². The van der Waals surface area contributed by atoms with E-state index in [0.29, 0.717) is 4.47 Å². The Hall–Kier alpha value is -1.54. The number of carbonyl (C=O) groups excluding carboxylic acids is 1. The van der Waals surface area contributed by atoms with Crippen LogP contribution >= 0.6 is 15.9 Å². The molecule has 0 aliphatic rings. The molecule has 1 aromatic carbocycles. The Morgan fingerprint density at radius 3 is 2.87 bits per heavy atom. The molecule has 0 aliphatic heterocycles. The molecule has 1 aromatic rings. The fourth-order valence-corrected chi connectivity index (χ4v) is 1.54. The van der Waals surface area contributed by atoms with E-state index in [-0.39, 0.29) is 23.5 Å². The molecule has 0 heterocycles. The van der Waals surface area contributed by atoms with Crippen molar-refractivity contribution in [2.24, 2.45) is 0 Å². The van der Waals surface area contributed by atoms with Gasteiger partial charge in [0.2, 0.25) is 0 Å². The summed E-state index contributed by atoms with van der Waals surface area (Å²) in [5, 5.41) is 18.3. The highest BCUT2D eigenvalue weighted by Gasteiger charge is 2.18. The van der Waals surface area contributed by atoms with E-state index in [9.17, 15) is 9.90 Å². The van der Waals surface area contributed by atoms with Crippen LogP contribution in [0, 0.1) is 11.3 Å². The molecule has 0 spiro atoms. The number of hydrogen-bond acceptors (Lipinski definition) is 4. The van der Waals surface area contributed by atoms with Gasteiger partial charge in [-0.15, -0.1) is 0 Å². The summed E-state index contributed by atoms with van der Waals surface area (Å²) in [5.41, 5.74) is -0.0112. The summed E-state index contributed by atoms with van der Waals surface area (Å²) in [6, 6.07) is 4.62. The number of nitrogens with zero attached hydrogens (tertiary/aromatic N) is 1. The molecule has 0 radical (unpaired) electrons. The van der Waals surface area contributed by atoms with E-state index in [4.69, 9.17) is 10.00 Å². The lowest BCUT2D eigenvalue weighted by atomic mass is 10.1. The number of hydrogen-bond donors (Lipinski definition) is 1. The number of rotatable bonds is 2. The van der Waals surface area contributed by atoms with Gasteiger partial charge in [-0.25, -0.2) is 4.79 Å². The first-order valence-corrected chi connectivity index (χ1v) is 4.99. The number of esters is 1. The van der Waals surface area contributed by atoms with Crippen LogP contribution in [0.15, 0.2) is 16.6 Å². The molecule has 0 saturated heterocycles. The summed E-state index contributed by atoms with van der Waals surface area (Å²) < 4.78 is 5.26. The molecule has 1 N–H and O–H groups in total. The van der Waals surface area contributed by atoms with E-state index in [0.717, 1.165) is 0 Å². The molecule has 0 aliphatic carbocycles. The van der Waals surface area contributed by atoms with E-state index in [1.807, 2.05) is 6.07 Å². The van der Waals surface area contributed by atoms with Gasteiger partial charge in [0.05, 0.1) is 12.2 Å². The van der Waals surface area contributed by atoms with Crippen molar-refractivity contribution in [2.45, 2.75) is 6.92 Å². The van der Waals surface area contributed by atoms with E-state index in [1.165, 1.54) is 12.1 Å². The van der Waals surface area contributed by atoms with Crippen molar-refractivity contribution in [1.82, 2.24) is 0 Å². The van der Waals surface area contributed by atoms with Gasteiger partial charge in [0.15, 0.2) is 0 Å².